The molecule has 5 nitrogen and oxygen atoms in total. The Bertz CT molecular complexity index is 1090. The van der Waals surface area contributed by atoms with Crippen LogP contribution in [0.4, 0.5) is 23.2 Å². The Balaban J connectivity index is 1.91. The first kappa shape index (κ1) is 18.3. The predicted octanol–water partition coefficient (Wildman–Crippen LogP) is 4.68. The summed E-state index contributed by atoms with van der Waals surface area (Å²) in [6.07, 6.45) is -4.74. The van der Waals surface area contributed by atoms with Crippen LogP contribution in [0.5, 0.6) is 5.75 Å². The fraction of sp³-hybridized carbons (Fsp3) is 0.111. The topological polar surface area (TPSA) is 56.1 Å². The smallest absolute Gasteiger partial charge is 0.435 e. The van der Waals surface area contributed by atoms with Crippen molar-refractivity contribution >= 4 is 23.2 Å². The molecular formula is C18H10ClF4N3O2. The van der Waals surface area contributed by atoms with Crippen molar-refractivity contribution in [3.8, 4) is 22.7 Å². The molecule has 144 valence electrons. The van der Waals surface area contributed by atoms with Crippen molar-refractivity contribution < 1.29 is 27.1 Å². The molecule has 0 aliphatic carbocycles. The molecule has 10 heteroatoms. The van der Waals surface area contributed by atoms with Gasteiger partial charge in [-0.25, -0.2) is 9.07 Å². The first-order valence-corrected chi connectivity index (χ1v) is 8.30. The minimum Gasteiger partial charge on any atom is -0.482 e. The Hall–Kier alpha value is -3.07. The summed E-state index contributed by atoms with van der Waals surface area (Å²) in [6.45, 7) is -0.157. The molecule has 1 N–H and O–H groups in total. The number of ether oxygens (including phenoxy) is 1. The van der Waals surface area contributed by atoms with Gasteiger partial charge in [0.25, 0.3) is 5.91 Å². The largest absolute Gasteiger partial charge is 0.482 e. The van der Waals surface area contributed by atoms with Crippen LogP contribution in [-0.4, -0.2) is 22.3 Å². The summed E-state index contributed by atoms with van der Waals surface area (Å²) in [6, 6.07) is 8.72. The van der Waals surface area contributed by atoms with Gasteiger partial charge < -0.3 is 10.1 Å². The molecule has 1 aliphatic heterocycles. The molecule has 0 atom stereocenters. The van der Waals surface area contributed by atoms with Gasteiger partial charge in [0.05, 0.1) is 11.4 Å². The fourth-order valence-corrected chi connectivity index (χ4v) is 2.97. The Kier molecular flexibility index (Phi) is 4.26. The number of hydrogen-bond acceptors (Lipinski definition) is 3. The normalized spacial score (nSPS) is 13.7. The lowest BCUT2D eigenvalue weighted by Gasteiger charge is -2.18. The van der Waals surface area contributed by atoms with Crippen LogP contribution in [0.2, 0.25) is 5.02 Å². The van der Waals surface area contributed by atoms with Gasteiger partial charge in [0.1, 0.15) is 17.3 Å². The van der Waals surface area contributed by atoms with E-state index in [0.717, 1.165) is 16.8 Å². The highest BCUT2D eigenvalue weighted by atomic mass is 35.5. The summed E-state index contributed by atoms with van der Waals surface area (Å²) in [5.41, 5.74) is -0.902. The van der Waals surface area contributed by atoms with Crippen molar-refractivity contribution in [2.24, 2.45) is 0 Å². The van der Waals surface area contributed by atoms with E-state index >= 15 is 0 Å². The highest BCUT2D eigenvalue weighted by Gasteiger charge is 2.35. The molecule has 2 aromatic carbocycles. The van der Waals surface area contributed by atoms with E-state index in [2.05, 4.69) is 10.4 Å². The van der Waals surface area contributed by atoms with Crippen LogP contribution in [-0.2, 0) is 11.0 Å². The number of amides is 1. The van der Waals surface area contributed by atoms with E-state index in [1.54, 1.807) is 0 Å². The molecule has 0 bridgehead atoms. The van der Waals surface area contributed by atoms with Gasteiger partial charge in [-0.3, -0.25) is 4.79 Å². The third-order valence-corrected chi connectivity index (χ3v) is 4.28. The summed E-state index contributed by atoms with van der Waals surface area (Å²) in [5.74, 6) is -0.813. The molecule has 3 aromatic rings. The van der Waals surface area contributed by atoms with E-state index in [1.807, 2.05) is 0 Å². The van der Waals surface area contributed by atoms with E-state index in [4.69, 9.17) is 16.3 Å². The lowest BCUT2D eigenvalue weighted by Crippen LogP contribution is -2.25. The number of anilines is 1. The minimum absolute atomic E-state index is 0.0314. The average molecular weight is 412 g/mol. The second-order valence-electron chi connectivity index (χ2n) is 5.97. The Labute approximate surface area is 160 Å². The monoisotopic (exact) mass is 411 g/mol. The zero-order chi connectivity index (χ0) is 20.1. The van der Waals surface area contributed by atoms with E-state index in [9.17, 15) is 22.4 Å². The van der Waals surface area contributed by atoms with E-state index in [1.165, 1.54) is 30.3 Å². The van der Waals surface area contributed by atoms with Gasteiger partial charge in [-0.15, -0.1) is 0 Å². The SMILES string of the molecule is O=C1COc2ccc(-c3cc(C(F)(F)F)nn3-c3cc(Cl)ccc3F)cc2N1. The molecule has 1 aliphatic rings. The number of alkyl halides is 3. The summed E-state index contributed by atoms with van der Waals surface area (Å²) < 4.78 is 60.1. The van der Waals surface area contributed by atoms with Crippen LogP contribution in [0, 0.1) is 5.82 Å². The maximum absolute atomic E-state index is 14.3. The number of rotatable bonds is 2. The third kappa shape index (κ3) is 3.29. The van der Waals surface area contributed by atoms with Gasteiger partial charge in [0.2, 0.25) is 0 Å². The van der Waals surface area contributed by atoms with Crippen LogP contribution in [0.25, 0.3) is 16.9 Å². The van der Waals surface area contributed by atoms with Crippen LogP contribution in [0.15, 0.2) is 42.5 Å². The van der Waals surface area contributed by atoms with Crippen molar-refractivity contribution in [3.05, 3.63) is 59.0 Å². The first-order valence-electron chi connectivity index (χ1n) is 7.92. The molecule has 1 amide bonds. The van der Waals surface area contributed by atoms with Crippen molar-refractivity contribution in [1.82, 2.24) is 9.78 Å². The Morgan fingerprint density at radius 1 is 1.14 bits per heavy atom. The summed E-state index contributed by atoms with van der Waals surface area (Å²) >= 11 is 5.88. The second-order valence-corrected chi connectivity index (χ2v) is 6.40. The standard InChI is InChI=1S/C18H10ClF4N3O2/c19-10-2-3-11(20)14(6-10)26-13(7-16(25-26)18(21,22)23)9-1-4-15-12(5-9)24-17(27)8-28-15/h1-7H,8H2,(H,24,27). The van der Waals surface area contributed by atoms with Crippen LogP contribution in [0.3, 0.4) is 0 Å². The van der Waals surface area contributed by atoms with Gasteiger partial charge >= 0.3 is 6.18 Å². The highest BCUT2D eigenvalue weighted by Crippen LogP contribution is 2.37. The molecule has 0 fully saturated rings. The van der Waals surface area contributed by atoms with Crippen LogP contribution >= 0.6 is 11.6 Å². The van der Waals surface area contributed by atoms with E-state index < -0.39 is 23.6 Å². The van der Waals surface area contributed by atoms with Gasteiger partial charge in [0.15, 0.2) is 12.3 Å². The zero-order valence-corrected chi connectivity index (χ0v) is 14.6. The maximum Gasteiger partial charge on any atom is 0.435 e. The number of nitrogens with one attached hydrogen (secondary N) is 1. The molecule has 4 rings (SSSR count). The number of carbonyl (C=O) groups is 1. The molecule has 0 saturated heterocycles. The van der Waals surface area contributed by atoms with Gasteiger partial charge in [-0.1, -0.05) is 11.6 Å². The summed E-state index contributed by atoms with van der Waals surface area (Å²) in [4.78, 5) is 11.5. The van der Waals surface area contributed by atoms with Crippen LogP contribution in [0.1, 0.15) is 5.69 Å². The summed E-state index contributed by atoms with van der Waals surface area (Å²) in [7, 11) is 0. The number of fused-ring (bicyclic) bond motifs is 1. The molecule has 0 saturated carbocycles. The zero-order valence-electron chi connectivity index (χ0n) is 13.8. The number of carbonyl (C=O) groups excluding carboxylic acids is 1. The molecule has 0 unspecified atom stereocenters. The van der Waals surface area contributed by atoms with Crippen molar-refractivity contribution in [1.29, 1.82) is 0 Å². The first-order chi connectivity index (χ1) is 13.2. The Morgan fingerprint density at radius 2 is 1.93 bits per heavy atom. The second kappa shape index (κ2) is 6.52. The highest BCUT2D eigenvalue weighted by molar-refractivity contribution is 6.30. The predicted molar refractivity (Wildman–Crippen MR) is 93.1 cm³/mol. The third-order valence-electron chi connectivity index (χ3n) is 4.04. The lowest BCUT2D eigenvalue weighted by atomic mass is 10.1. The molecule has 0 spiro atoms. The van der Waals surface area contributed by atoms with Gasteiger partial charge in [-0.05, 0) is 42.5 Å². The number of benzene rings is 2. The summed E-state index contributed by atoms with van der Waals surface area (Å²) in [5, 5.41) is 6.24. The van der Waals surface area contributed by atoms with Gasteiger partial charge in [0, 0.05) is 10.6 Å². The molecule has 2 heterocycles. The van der Waals surface area contributed by atoms with E-state index in [-0.39, 0.29) is 28.6 Å². The lowest BCUT2D eigenvalue weighted by molar-refractivity contribution is -0.141. The molecule has 1 aromatic heterocycles. The number of hydrogen-bond donors (Lipinski definition) is 1. The fourth-order valence-electron chi connectivity index (χ4n) is 2.80. The Morgan fingerprint density at radius 3 is 2.68 bits per heavy atom. The number of halogens is 5. The van der Waals surface area contributed by atoms with E-state index in [0.29, 0.717) is 11.4 Å². The molecular weight excluding hydrogens is 402 g/mol. The number of nitrogens with zero attached hydrogens (tertiary/aromatic N) is 2. The maximum atomic E-state index is 14.3. The van der Waals surface area contributed by atoms with Gasteiger partial charge in [-0.2, -0.15) is 18.3 Å². The minimum atomic E-state index is -4.74. The van der Waals surface area contributed by atoms with Crippen molar-refractivity contribution in [2.75, 3.05) is 11.9 Å². The average Bonchev–Trinajstić information content (AvgIpc) is 3.08. The number of aromatic nitrogens is 2. The van der Waals surface area contributed by atoms with Crippen molar-refractivity contribution in [3.63, 3.8) is 0 Å². The quantitative estimate of drug-likeness (QED) is 0.623. The van der Waals surface area contributed by atoms with Crippen molar-refractivity contribution in [2.45, 2.75) is 6.18 Å². The van der Waals surface area contributed by atoms with Crippen LogP contribution < -0.4 is 10.1 Å². The molecule has 0 radical (unpaired) electrons. The molecule has 28 heavy (non-hydrogen) atoms.